The molecule has 1 N–H and O–H groups in total. The number of hydrogen-bond donors (Lipinski definition) is 1. The second-order valence-electron chi connectivity index (χ2n) is 6.00. The highest BCUT2D eigenvalue weighted by atomic mass is 16.5. The van der Waals surface area contributed by atoms with E-state index in [0.29, 0.717) is 13.2 Å². The van der Waals surface area contributed by atoms with Gasteiger partial charge in [0.15, 0.2) is 5.75 Å². The van der Waals surface area contributed by atoms with Crippen molar-refractivity contribution in [3.8, 4) is 11.5 Å². The fourth-order valence-corrected chi connectivity index (χ4v) is 3.02. The third-order valence-corrected chi connectivity index (χ3v) is 4.16. The number of para-hydroxylation sites is 2. The van der Waals surface area contributed by atoms with Crippen LogP contribution in [0.5, 0.6) is 11.5 Å². The molecule has 0 aliphatic carbocycles. The molecule has 25 heavy (non-hydrogen) atoms. The van der Waals surface area contributed by atoms with E-state index in [-0.39, 0.29) is 5.91 Å². The Kier molecular flexibility index (Phi) is 4.11. The first-order chi connectivity index (χ1) is 12.2. The fourth-order valence-electron chi connectivity index (χ4n) is 3.02. The molecule has 2 heterocycles. The van der Waals surface area contributed by atoms with Gasteiger partial charge in [-0.1, -0.05) is 12.1 Å². The van der Waals surface area contributed by atoms with Crippen molar-refractivity contribution in [3.63, 3.8) is 0 Å². The monoisotopic (exact) mass is 337 g/mol. The molecule has 128 valence electrons. The van der Waals surface area contributed by atoms with Crippen molar-refractivity contribution < 1.29 is 14.3 Å². The Morgan fingerprint density at radius 3 is 2.72 bits per heavy atom. The molecule has 0 spiro atoms. The first-order valence-electron chi connectivity index (χ1n) is 8.31. The molecular formula is C19H19N3O3. The zero-order chi connectivity index (χ0) is 17.2. The van der Waals surface area contributed by atoms with Crippen LogP contribution in [0.15, 0.2) is 47.5 Å². The lowest BCUT2D eigenvalue weighted by molar-refractivity contribution is -0.114. The molecule has 1 saturated heterocycles. The second kappa shape index (κ2) is 6.57. The zero-order valence-electron chi connectivity index (χ0n) is 14.0. The maximum atomic E-state index is 11.4. The van der Waals surface area contributed by atoms with Crippen LogP contribution in [0.1, 0.15) is 12.5 Å². The van der Waals surface area contributed by atoms with Gasteiger partial charge in [0.1, 0.15) is 17.3 Å². The molecule has 0 aromatic heterocycles. The normalized spacial score (nSPS) is 16.0. The maximum absolute atomic E-state index is 11.4. The summed E-state index contributed by atoms with van der Waals surface area (Å²) in [5.74, 6) is 2.18. The number of ether oxygens (including phenoxy) is 2. The van der Waals surface area contributed by atoms with Crippen LogP contribution in [0.4, 0.5) is 11.4 Å². The van der Waals surface area contributed by atoms with Crippen LogP contribution in [0.25, 0.3) is 0 Å². The Bertz CT molecular complexity index is 842. The van der Waals surface area contributed by atoms with Crippen LogP contribution < -0.4 is 10.1 Å². The Labute approximate surface area is 146 Å². The van der Waals surface area contributed by atoms with Gasteiger partial charge >= 0.3 is 0 Å². The van der Waals surface area contributed by atoms with E-state index in [0.717, 1.165) is 47.4 Å². The summed E-state index contributed by atoms with van der Waals surface area (Å²) in [5, 5.41) is 2.83. The van der Waals surface area contributed by atoms with Gasteiger partial charge in [-0.3, -0.25) is 4.79 Å². The highest BCUT2D eigenvalue weighted by molar-refractivity contribution is 6.05. The molecule has 6 heteroatoms. The minimum absolute atomic E-state index is 0.109. The fraction of sp³-hybridized carbons (Fsp3) is 0.263. The van der Waals surface area contributed by atoms with Crippen LogP contribution in [0.2, 0.25) is 0 Å². The van der Waals surface area contributed by atoms with E-state index in [9.17, 15) is 4.79 Å². The Balaban J connectivity index is 1.84. The number of aliphatic imine (C=N–C) groups is 1. The number of anilines is 1. The molecule has 0 saturated carbocycles. The number of hydrogen-bond acceptors (Lipinski definition) is 5. The maximum Gasteiger partial charge on any atom is 0.221 e. The van der Waals surface area contributed by atoms with E-state index in [2.05, 4.69) is 10.2 Å². The summed E-state index contributed by atoms with van der Waals surface area (Å²) in [6.07, 6.45) is 0. The molecular weight excluding hydrogens is 318 g/mol. The van der Waals surface area contributed by atoms with Crippen LogP contribution in [-0.2, 0) is 9.53 Å². The van der Waals surface area contributed by atoms with Crippen molar-refractivity contribution in [2.45, 2.75) is 6.92 Å². The average Bonchev–Trinajstić information content (AvgIpc) is 2.78. The summed E-state index contributed by atoms with van der Waals surface area (Å²) in [6, 6.07) is 13.4. The topological polar surface area (TPSA) is 63.2 Å². The molecule has 2 aromatic carbocycles. The molecule has 2 aromatic rings. The molecule has 2 aliphatic rings. The van der Waals surface area contributed by atoms with E-state index in [4.69, 9.17) is 14.5 Å². The molecule has 6 nitrogen and oxygen atoms in total. The largest absolute Gasteiger partial charge is 0.454 e. The van der Waals surface area contributed by atoms with Gasteiger partial charge in [0, 0.05) is 25.7 Å². The van der Waals surface area contributed by atoms with Crippen molar-refractivity contribution in [1.82, 2.24) is 4.90 Å². The lowest BCUT2D eigenvalue weighted by Gasteiger charge is -2.30. The highest BCUT2D eigenvalue weighted by Crippen LogP contribution is 2.38. The highest BCUT2D eigenvalue weighted by Gasteiger charge is 2.24. The molecule has 1 fully saturated rings. The molecule has 2 aliphatic heterocycles. The van der Waals surface area contributed by atoms with Crippen LogP contribution in [0.3, 0.4) is 0 Å². The predicted octanol–water partition coefficient (Wildman–Crippen LogP) is 3.16. The number of benzene rings is 2. The first-order valence-corrected chi connectivity index (χ1v) is 8.31. The number of nitrogens with one attached hydrogen (secondary N) is 1. The molecule has 4 rings (SSSR count). The van der Waals surface area contributed by atoms with E-state index >= 15 is 0 Å². The van der Waals surface area contributed by atoms with Gasteiger partial charge in [0.05, 0.1) is 18.8 Å². The number of morpholine rings is 1. The summed E-state index contributed by atoms with van der Waals surface area (Å²) >= 11 is 0. The first kappa shape index (κ1) is 15.7. The number of amides is 1. The van der Waals surface area contributed by atoms with Crippen molar-refractivity contribution in [1.29, 1.82) is 0 Å². The quantitative estimate of drug-likeness (QED) is 0.868. The van der Waals surface area contributed by atoms with Crippen LogP contribution >= 0.6 is 0 Å². The Morgan fingerprint density at radius 1 is 1.12 bits per heavy atom. The van der Waals surface area contributed by atoms with Crippen molar-refractivity contribution in [2.75, 3.05) is 31.6 Å². The van der Waals surface area contributed by atoms with Gasteiger partial charge in [-0.05, 0) is 30.3 Å². The van der Waals surface area contributed by atoms with E-state index in [1.54, 1.807) is 0 Å². The minimum Gasteiger partial charge on any atom is -0.454 e. The minimum atomic E-state index is -0.109. The summed E-state index contributed by atoms with van der Waals surface area (Å²) in [4.78, 5) is 18.5. The number of amidine groups is 1. The summed E-state index contributed by atoms with van der Waals surface area (Å²) in [7, 11) is 0. The van der Waals surface area contributed by atoms with Crippen molar-refractivity contribution in [3.05, 3.63) is 48.0 Å². The lowest BCUT2D eigenvalue weighted by Crippen LogP contribution is -2.41. The predicted molar refractivity (Wildman–Crippen MR) is 95.9 cm³/mol. The molecule has 1 amide bonds. The van der Waals surface area contributed by atoms with Crippen molar-refractivity contribution >= 4 is 23.1 Å². The Hall–Kier alpha value is -2.86. The lowest BCUT2D eigenvalue weighted by atomic mass is 10.1. The van der Waals surface area contributed by atoms with Gasteiger partial charge in [0.2, 0.25) is 5.91 Å². The summed E-state index contributed by atoms with van der Waals surface area (Å²) in [5.41, 5.74) is 2.38. The molecule has 0 bridgehead atoms. The van der Waals surface area contributed by atoms with E-state index in [1.165, 1.54) is 6.92 Å². The summed E-state index contributed by atoms with van der Waals surface area (Å²) < 4.78 is 11.6. The number of fused-ring (bicyclic) bond motifs is 2. The molecule has 0 unspecified atom stereocenters. The summed E-state index contributed by atoms with van der Waals surface area (Å²) in [6.45, 7) is 4.37. The van der Waals surface area contributed by atoms with E-state index in [1.807, 2.05) is 42.5 Å². The Morgan fingerprint density at radius 2 is 1.92 bits per heavy atom. The SMILES string of the molecule is CC(=O)Nc1ccc2c(c1)C(N1CCOCC1)=Nc1ccccc1O2. The van der Waals surface area contributed by atoms with Gasteiger partial charge in [-0.2, -0.15) is 0 Å². The standard InChI is InChI=1S/C19H19N3O3/c1-13(23)20-14-6-7-17-15(12-14)19(22-8-10-24-11-9-22)21-16-4-2-3-5-18(16)25-17/h2-7,12H,8-11H2,1H3,(H,20,23). The van der Waals surface area contributed by atoms with Crippen LogP contribution in [-0.4, -0.2) is 42.9 Å². The third kappa shape index (κ3) is 3.21. The number of carbonyl (C=O) groups is 1. The van der Waals surface area contributed by atoms with Crippen molar-refractivity contribution in [2.24, 2.45) is 4.99 Å². The van der Waals surface area contributed by atoms with E-state index < -0.39 is 0 Å². The van der Waals surface area contributed by atoms with Gasteiger partial charge in [-0.25, -0.2) is 4.99 Å². The number of nitrogens with zero attached hydrogens (tertiary/aromatic N) is 2. The third-order valence-electron chi connectivity index (χ3n) is 4.16. The number of carbonyl (C=O) groups excluding carboxylic acids is 1. The average molecular weight is 337 g/mol. The smallest absolute Gasteiger partial charge is 0.221 e. The zero-order valence-corrected chi connectivity index (χ0v) is 14.0. The molecule has 0 atom stereocenters. The van der Waals surface area contributed by atoms with Gasteiger partial charge < -0.3 is 19.7 Å². The molecule has 0 radical (unpaired) electrons. The van der Waals surface area contributed by atoms with Crippen LogP contribution in [0, 0.1) is 0 Å². The number of rotatable bonds is 1. The van der Waals surface area contributed by atoms with Gasteiger partial charge in [-0.15, -0.1) is 0 Å². The second-order valence-corrected chi connectivity index (χ2v) is 6.00. The van der Waals surface area contributed by atoms with Gasteiger partial charge in [0.25, 0.3) is 0 Å².